The predicted octanol–water partition coefficient (Wildman–Crippen LogP) is 5.16. The number of carbonyl (C=O) groups excluding carboxylic acids is 1. The average Bonchev–Trinajstić information content (AvgIpc) is 2.62. The third-order valence-electron chi connectivity index (χ3n) is 3.70. The smallest absolute Gasteiger partial charge is 0.322 e. The van der Waals surface area contributed by atoms with Gasteiger partial charge in [-0.05, 0) is 35.4 Å². The first kappa shape index (κ1) is 17.6. The summed E-state index contributed by atoms with van der Waals surface area (Å²) < 4.78 is 52.9. The first-order chi connectivity index (χ1) is 12.4. The highest BCUT2D eigenvalue weighted by Crippen LogP contribution is 2.37. The van der Waals surface area contributed by atoms with Gasteiger partial charge in [-0.1, -0.05) is 30.3 Å². The van der Waals surface area contributed by atoms with Crippen LogP contribution in [-0.2, 0) is 6.18 Å². The largest absolute Gasteiger partial charge is 0.417 e. The van der Waals surface area contributed by atoms with Crippen LogP contribution in [-0.4, -0.2) is 10.9 Å². The Hall–Kier alpha value is -3.22. The van der Waals surface area contributed by atoms with E-state index in [2.05, 4.69) is 10.3 Å². The van der Waals surface area contributed by atoms with Gasteiger partial charge in [0.15, 0.2) is 5.82 Å². The third-order valence-corrected chi connectivity index (χ3v) is 3.70. The van der Waals surface area contributed by atoms with Crippen molar-refractivity contribution in [2.45, 2.75) is 6.18 Å². The summed E-state index contributed by atoms with van der Waals surface area (Å²) in [6, 6.07) is 12.3. The van der Waals surface area contributed by atoms with E-state index in [9.17, 15) is 22.4 Å². The van der Waals surface area contributed by atoms with Gasteiger partial charge in [-0.2, -0.15) is 13.2 Å². The number of halogens is 4. The van der Waals surface area contributed by atoms with Crippen LogP contribution in [0.5, 0.6) is 0 Å². The molecule has 0 atom stereocenters. The van der Waals surface area contributed by atoms with Gasteiger partial charge in [0.1, 0.15) is 0 Å². The fourth-order valence-electron chi connectivity index (χ4n) is 2.47. The molecule has 0 fully saturated rings. The van der Waals surface area contributed by atoms with Crippen molar-refractivity contribution in [1.29, 1.82) is 0 Å². The van der Waals surface area contributed by atoms with Gasteiger partial charge in [0.2, 0.25) is 0 Å². The van der Waals surface area contributed by atoms with E-state index in [1.165, 1.54) is 54.7 Å². The number of pyridine rings is 1. The number of rotatable bonds is 3. The summed E-state index contributed by atoms with van der Waals surface area (Å²) >= 11 is 0. The van der Waals surface area contributed by atoms with Crippen molar-refractivity contribution in [2.24, 2.45) is 0 Å². The summed E-state index contributed by atoms with van der Waals surface area (Å²) in [5.74, 6) is -1.44. The normalized spacial score (nSPS) is 11.2. The Bertz CT molecular complexity index is 937. The zero-order valence-corrected chi connectivity index (χ0v) is 13.2. The second-order valence-electron chi connectivity index (χ2n) is 5.43. The Morgan fingerprint density at radius 3 is 2.31 bits per heavy atom. The number of alkyl halides is 3. The summed E-state index contributed by atoms with van der Waals surface area (Å²) in [7, 11) is 0. The molecule has 3 aromatic rings. The van der Waals surface area contributed by atoms with Crippen LogP contribution in [0.3, 0.4) is 0 Å². The Balaban J connectivity index is 1.84. The van der Waals surface area contributed by atoms with Gasteiger partial charge < -0.3 is 5.32 Å². The summed E-state index contributed by atoms with van der Waals surface area (Å²) in [5, 5.41) is 2.49. The van der Waals surface area contributed by atoms with Crippen molar-refractivity contribution in [2.75, 3.05) is 5.32 Å². The lowest BCUT2D eigenvalue weighted by molar-refractivity contribution is -0.137. The summed E-state index contributed by atoms with van der Waals surface area (Å²) in [5.41, 5.74) is -0.189. The lowest BCUT2D eigenvalue weighted by Crippen LogP contribution is -2.13. The first-order valence-corrected chi connectivity index (χ1v) is 7.54. The maximum absolute atomic E-state index is 13.6. The number of anilines is 1. The minimum atomic E-state index is -4.47. The van der Waals surface area contributed by atoms with Crippen molar-refractivity contribution in [3.8, 4) is 11.1 Å². The van der Waals surface area contributed by atoms with Crippen LogP contribution >= 0.6 is 0 Å². The van der Waals surface area contributed by atoms with Crippen LogP contribution in [0.25, 0.3) is 11.1 Å². The van der Waals surface area contributed by atoms with E-state index in [1.807, 2.05) is 0 Å². The van der Waals surface area contributed by atoms with Crippen molar-refractivity contribution in [3.05, 3.63) is 83.9 Å². The number of aromatic nitrogens is 1. The Morgan fingerprint density at radius 2 is 1.65 bits per heavy atom. The first-order valence-electron chi connectivity index (χ1n) is 7.54. The highest BCUT2D eigenvalue weighted by Gasteiger charge is 2.33. The molecular formula is C19H12F4N2O. The van der Waals surface area contributed by atoms with E-state index in [0.29, 0.717) is 11.3 Å². The molecule has 132 valence electrons. The number of hydrogen-bond donors (Lipinski definition) is 1. The predicted molar refractivity (Wildman–Crippen MR) is 89.0 cm³/mol. The van der Waals surface area contributed by atoms with E-state index in [1.54, 1.807) is 0 Å². The highest BCUT2D eigenvalue weighted by atomic mass is 19.4. The zero-order chi connectivity index (χ0) is 18.7. The molecule has 7 heteroatoms. The standard InChI is InChI=1S/C19H12F4N2O/c20-17-11-24-10-9-15(17)18(26)25-13-7-5-12(6-8-13)14-3-1-2-4-16(14)19(21,22)23/h1-11H,(H,25,26). The topological polar surface area (TPSA) is 42.0 Å². The van der Waals surface area contributed by atoms with Crippen LogP contribution in [0.1, 0.15) is 15.9 Å². The van der Waals surface area contributed by atoms with E-state index >= 15 is 0 Å². The summed E-state index contributed by atoms with van der Waals surface area (Å²) in [6.45, 7) is 0. The number of nitrogens with zero attached hydrogens (tertiary/aromatic N) is 1. The molecule has 0 unspecified atom stereocenters. The molecule has 0 aliphatic heterocycles. The maximum atomic E-state index is 13.6. The number of nitrogens with one attached hydrogen (secondary N) is 1. The van der Waals surface area contributed by atoms with Gasteiger partial charge >= 0.3 is 6.18 Å². The van der Waals surface area contributed by atoms with Crippen LogP contribution in [0, 0.1) is 5.82 Å². The van der Waals surface area contributed by atoms with E-state index in [0.717, 1.165) is 12.3 Å². The van der Waals surface area contributed by atoms with Crippen molar-refractivity contribution < 1.29 is 22.4 Å². The molecule has 0 radical (unpaired) electrons. The SMILES string of the molecule is O=C(Nc1ccc(-c2ccccc2C(F)(F)F)cc1)c1ccncc1F. The molecular weight excluding hydrogens is 348 g/mol. The number of benzene rings is 2. The van der Waals surface area contributed by atoms with Crippen molar-refractivity contribution >= 4 is 11.6 Å². The van der Waals surface area contributed by atoms with Crippen LogP contribution in [0.2, 0.25) is 0 Å². The lowest BCUT2D eigenvalue weighted by Gasteiger charge is -2.13. The Labute approximate surface area is 146 Å². The van der Waals surface area contributed by atoms with Gasteiger partial charge in [-0.15, -0.1) is 0 Å². The number of carbonyl (C=O) groups is 1. The number of hydrogen-bond acceptors (Lipinski definition) is 2. The fourth-order valence-corrected chi connectivity index (χ4v) is 2.47. The average molecular weight is 360 g/mol. The molecule has 0 aliphatic rings. The summed E-state index contributed by atoms with van der Waals surface area (Å²) in [6.07, 6.45) is -2.26. The van der Waals surface area contributed by atoms with Gasteiger partial charge in [-0.25, -0.2) is 4.39 Å². The monoisotopic (exact) mass is 360 g/mol. The van der Waals surface area contributed by atoms with Gasteiger partial charge in [0.05, 0.1) is 17.3 Å². The molecule has 0 aliphatic carbocycles. The van der Waals surface area contributed by atoms with Crippen molar-refractivity contribution in [1.82, 2.24) is 4.98 Å². The second kappa shape index (κ2) is 6.95. The molecule has 0 saturated carbocycles. The van der Waals surface area contributed by atoms with Crippen LogP contribution in [0.4, 0.5) is 23.2 Å². The molecule has 1 aromatic heterocycles. The van der Waals surface area contributed by atoms with E-state index in [4.69, 9.17) is 0 Å². The molecule has 1 heterocycles. The molecule has 0 spiro atoms. The summed E-state index contributed by atoms with van der Waals surface area (Å²) in [4.78, 5) is 15.6. The Kier molecular flexibility index (Phi) is 4.71. The van der Waals surface area contributed by atoms with Gasteiger partial charge in [-0.3, -0.25) is 9.78 Å². The molecule has 3 rings (SSSR count). The van der Waals surface area contributed by atoms with E-state index in [-0.39, 0.29) is 11.1 Å². The molecule has 1 amide bonds. The minimum Gasteiger partial charge on any atom is -0.322 e. The lowest BCUT2D eigenvalue weighted by atomic mass is 9.99. The van der Waals surface area contributed by atoms with Crippen molar-refractivity contribution in [3.63, 3.8) is 0 Å². The molecule has 0 saturated heterocycles. The molecule has 1 N–H and O–H groups in total. The molecule has 3 nitrogen and oxygen atoms in total. The fraction of sp³-hybridized carbons (Fsp3) is 0.0526. The maximum Gasteiger partial charge on any atom is 0.417 e. The molecule has 26 heavy (non-hydrogen) atoms. The molecule has 0 bridgehead atoms. The molecule has 2 aromatic carbocycles. The highest BCUT2D eigenvalue weighted by molar-refractivity contribution is 6.04. The Morgan fingerprint density at radius 1 is 0.962 bits per heavy atom. The van der Waals surface area contributed by atoms with Gasteiger partial charge in [0, 0.05) is 11.9 Å². The van der Waals surface area contributed by atoms with E-state index < -0.39 is 23.5 Å². The van der Waals surface area contributed by atoms with Crippen LogP contribution in [0.15, 0.2) is 67.0 Å². The minimum absolute atomic E-state index is 0.0399. The zero-order valence-electron chi connectivity index (χ0n) is 13.2. The second-order valence-corrected chi connectivity index (χ2v) is 5.43. The number of amides is 1. The third kappa shape index (κ3) is 3.72. The van der Waals surface area contributed by atoms with Gasteiger partial charge in [0.25, 0.3) is 5.91 Å². The van der Waals surface area contributed by atoms with Crippen LogP contribution < -0.4 is 5.32 Å². The quantitative estimate of drug-likeness (QED) is 0.656.